The Labute approximate surface area is 140 Å². The third-order valence-corrected chi connectivity index (χ3v) is 5.77. The Morgan fingerprint density at radius 2 is 2.26 bits per heavy atom. The van der Waals surface area contributed by atoms with Crippen molar-refractivity contribution in [1.29, 1.82) is 0 Å². The van der Waals surface area contributed by atoms with Gasteiger partial charge in [0.1, 0.15) is 17.3 Å². The van der Waals surface area contributed by atoms with Crippen LogP contribution in [0, 0.1) is 0 Å². The van der Waals surface area contributed by atoms with Gasteiger partial charge in [0, 0.05) is 16.8 Å². The smallest absolute Gasteiger partial charge is 0.225 e. The van der Waals surface area contributed by atoms with Gasteiger partial charge in [-0.05, 0) is 44.6 Å². The fraction of sp³-hybridized carbons (Fsp3) is 0.647. The molecular formula is C17H25N3O2S. The maximum absolute atomic E-state index is 9.66. The van der Waals surface area contributed by atoms with Gasteiger partial charge in [0.25, 0.3) is 0 Å². The summed E-state index contributed by atoms with van der Waals surface area (Å²) >= 11 is 1.71. The Kier molecular flexibility index (Phi) is 5.14. The largest absolute Gasteiger partial charge is 0.474 e. The quantitative estimate of drug-likeness (QED) is 0.813. The zero-order valence-corrected chi connectivity index (χ0v) is 14.6. The summed E-state index contributed by atoms with van der Waals surface area (Å²) in [7, 11) is 0. The highest BCUT2D eigenvalue weighted by molar-refractivity contribution is 7.19. The van der Waals surface area contributed by atoms with Crippen molar-refractivity contribution in [3.63, 3.8) is 0 Å². The van der Waals surface area contributed by atoms with E-state index < -0.39 is 0 Å². The fourth-order valence-electron chi connectivity index (χ4n) is 3.27. The van der Waals surface area contributed by atoms with E-state index in [1.165, 1.54) is 10.4 Å². The molecule has 5 nitrogen and oxygen atoms in total. The van der Waals surface area contributed by atoms with Crippen LogP contribution in [0.1, 0.15) is 55.9 Å². The van der Waals surface area contributed by atoms with Gasteiger partial charge >= 0.3 is 0 Å². The summed E-state index contributed by atoms with van der Waals surface area (Å²) in [6.45, 7) is 4.32. The number of ether oxygens (including phenoxy) is 1. The van der Waals surface area contributed by atoms with Crippen molar-refractivity contribution in [2.45, 2.75) is 64.0 Å². The lowest BCUT2D eigenvalue weighted by Crippen LogP contribution is -2.22. The van der Waals surface area contributed by atoms with Gasteiger partial charge in [0.2, 0.25) is 5.88 Å². The van der Waals surface area contributed by atoms with E-state index in [0.717, 1.165) is 42.3 Å². The number of aliphatic hydroxyl groups is 1. The van der Waals surface area contributed by atoms with Crippen LogP contribution in [0.15, 0.2) is 6.33 Å². The molecule has 0 aromatic carbocycles. The highest BCUT2D eigenvalue weighted by Gasteiger charge is 2.30. The van der Waals surface area contributed by atoms with Crippen molar-refractivity contribution in [2.75, 3.05) is 6.61 Å². The van der Waals surface area contributed by atoms with Gasteiger partial charge in [-0.3, -0.25) is 0 Å². The number of aromatic nitrogens is 2. The molecule has 3 N–H and O–H groups in total. The number of nitrogens with two attached hydrogens (primary N) is 1. The number of aryl methyl sites for hydroxylation is 1. The van der Waals surface area contributed by atoms with Gasteiger partial charge < -0.3 is 15.6 Å². The molecule has 0 amide bonds. The van der Waals surface area contributed by atoms with E-state index in [1.807, 2.05) is 6.92 Å². The zero-order chi connectivity index (χ0) is 16.4. The number of rotatable bonds is 7. The molecule has 0 saturated carbocycles. The summed E-state index contributed by atoms with van der Waals surface area (Å²) in [5, 5.41) is 10.7. The van der Waals surface area contributed by atoms with Gasteiger partial charge in [0.15, 0.2) is 0 Å². The lowest BCUT2D eigenvalue weighted by molar-refractivity contribution is 0.176. The zero-order valence-electron chi connectivity index (χ0n) is 13.8. The molecule has 0 aliphatic heterocycles. The predicted octanol–water partition coefficient (Wildman–Crippen LogP) is 3.00. The van der Waals surface area contributed by atoms with Crippen molar-refractivity contribution in [2.24, 2.45) is 5.73 Å². The van der Waals surface area contributed by atoms with Crippen LogP contribution in [0.2, 0.25) is 0 Å². The molecule has 126 valence electrons. The SMILES string of the molecule is CCC(CCC(C)N)Oc1ncnc2sc3c(c12)C(CO)CC3. The minimum atomic E-state index is 0.114. The standard InChI is InChI=1S/C17H25N3O2S/c1-3-12(6-4-10(2)18)22-16-15-14-11(8-21)5-7-13(14)23-17(15)20-9-19-16/h9-12,21H,3-8,18H2,1-2H3. The number of aliphatic hydroxyl groups excluding tert-OH is 1. The molecular weight excluding hydrogens is 310 g/mol. The average molecular weight is 335 g/mol. The Morgan fingerprint density at radius 1 is 1.43 bits per heavy atom. The molecule has 1 aliphatic rings. The molecule has 1 aliphatic carbocycles. The lowest BCUT2D eigenvalue weighted by Gasteiger charge is -2.19. The second-order valence-electron chi connectivity index (χ2n) is 6.42. The summed E-state index contributed by atoms with van der Waals surface area (Å²) in [4.78, 5) is 11.1. The first-order chi connectivity index (χ1) is 11.1. The first kappa shape index (κ1) is 16.6. The van der Waals surface area contributed by atoms with Crippen LogP contribution in [0.4, 0.5) is 0 Å². The van der Waals surface area contributed by atoms with Gasteiger partial charge in [-0.25, -0.2) is 9.97 Å². The topological polar surface area (TPSA) is 81.3 Å². The van der Waals surface area contributed by atoms with E-state index in [2.05, 4.69) is 16.9 Å². The van der Waals surface area contributed by atoms with E-state index in [4.69, 9.17) is 10.5 Å². The normalized spacial score (nSPS) is 19.7. The summed E-state index contributed by atoms with van der Waals surface area (Å²) in [5.74, 6) is 0.862. The highest BCUT2D eigenvalue weighted by atomic mass is 32.1. The molecule has 2 aromatic heterocycles. The van der Waals surface area contributed by atoms with Crippen LogP contribution in [0.25, 0.3) is 10.2 Å². The van der Waals surface area contributed by atoms with Crippen molar-refractivity contribution in [3.8, 4) is 5.88 Å². The summed E-state index contributed by atoms with van der Waals surface area (Å²) in [6.07, 6.45) is 6.50. The maximum atomic E-state index is 9.66. The van der Waals surface area contributed by atoms with Gasteiger partial charge in [0.05, 0.1) is 12.0 Å². The molecule has 3 unspecified atom stereocenters. The van der Waals surface area contributed by atoms with Crippen LogP contribution < -0.4 is 10.5 Å². The van der Waals surface area contributed by atoms with Crippen LogP contribution in [0.5, 0.6) is 5.88 Å². The third-order valence-electron chi connectivity index (χ3n) is 4.59. The fourth-order valence-corrected chi connectivity index (χ4v) is 4.50. The van der Waals surface area contributed by atoms with Crippen LogP contribution in [-0.4, -0.2) is 33.8 Å². The van der Waals surface area contributed by atoms with E-state index >= 15 is 0 Å². The van der Waals surface area contributed by atoms with E-state index in [9.17, 15) is 5.11 Å². The molecule has 0 bridgehead atoms. The number of hydrogen-bond acceptors (Lipinski definition) is 6. The Bertz CT molecular complexity index is 671. The van der Waals surface area contributed by atoms with Crippen LogP contribution in [-0.2, 0) is 6.42 Å². The number of thiophene rings is 1. The lowest BCUT2D eigenvalue weighted by atomic mass is 10.0. The molecule has 0 spiro atoms. The first-order valence-corrected chi connectivity index (χ1v) is 9.25. The minimum Gasteiger partial charge on any atom is -0.474 e. The molecule has 2 heterocycles. The number of fused-ring (bicyclic) bond motifs is 3. The number of nitrogens with zero attached hydrogens (tertiary/aromatic N) is 2. The van der Waals surface area contributed by atoms with Gasteiger partial charge in [-0.2, -0.15) is 0 Å². The first-order valence-electron chi connectivity index (χ1n) is 8.43. The van der Waals surface area contributed by atoms with Gasteiger partial charge in [-0.15, -0.1) is 11.3 Å². The summed E-state index contributed by atoms with van der Waals surface area (Å²) in [6, 6.07) is 0.183. The van der Waals surface area contributed by atoms with E-state index in [1.54, 1.807) is 17.7 Å². The summed E-state index contributed by atoms with van der Waals surface area (Å²) < 4.78 is 6.22. The minimum absolute atomic E-state index is 0.114. The van der Waals surface area contributed by atoms with Gasteiger partial charge in [-0.1, -0.05) is 6.92 Å². The number of hydrogen-bond donors (Lipinski definition) is 2. The van der Waals surface area contributed by atoms with Crippen LogP contribution >= 0.6 is 11.3 Å². The van der Waals surface area contributed by atoms with Crippen LogP contribution in [0.3, 0.4) is 0 Å². The molecule has 23 heavy (non-hydrogen) atoms. The molecule has 0 fully saturated rings. The monoisotopic (exact) mass is 335 g/mol. The second kappa shape index (κ2) is 7.11. The summed E-state index contributed by atoms with van der Waals surface area (Å²) in [5.41, 5.74) is 7.08. The average Bonchev–Trinajstić information content (AvgIpc) is 3.09. The predicted molar refractivity (Wildman–Crippen MR) is 93.2 cm³/mol. The molecule has 3 atom stereocenters. The Morgan fingerprint density at radius 3 is 2.96 bits per heavy atom. The van der Waals surface area contributed by atoms with Crippen molar-refractivity contribution < 1.29 is 9.84 Å². The molecule has 0 saturated heterocycles. The third kappa shape index (κ3) is 3.34. The highest BCUT2D eigenvalue weighted by Crippen LogP contribution is 2.45. The molecule has 6 heteroatoms. The Hall–Kier alpha value is -1.24. The Balaban J connectivity index is 1.91. The van der Waals surface area contributed by atoms with Crippen molar-refractivity contribution in [3.05, 3.63) is 16.8 Å². The van der Waals surface area contributed by atoms with E-state index in [-0.39, 0.29) is 24.7 Å². The second-order valence-corrected chi connectivity index (χ2v) is 7.50. The van der Waals surface area contributed by atoms with Crippen molar-refractivity contribution >= 4 is 21.6 Å². The van der Waals surface area contributed by atoms with E-state index in [0.29, 0.717) is 5.88 Å². The molecule has 3 rings (SSSR count). The molecule has 0 radical (unpaired) electrons. The van der Waals surface area contributed by atoms with Crippen molar-refractivity contribution in [1.82, 2.24) is 9.97 Å². The maximum Gasteiger partial charge on any atom is 0.225 e. The molecule has 2 aromatic rings.